The standard InChI is InChI=1S/C9H16O4/c1-2-8(11)9-6-7(12-13-9)4-3-5-10/h5,7-9,11H,2-4,6H2,1H3. The molecule has 0 aromatic carbocycles. The van der Waals surface area contributed by atoms with Crippen LogP contribution in [0.15, 0.2) is 0 Å². The van der Waals surface area contributed by atoms with E-state index in [4.69, 9.17) is 9.78 Å². The van der Waals surface area contributed by atoms with Crippen LogP contribution in [0, 0.1) is 0 Å². The van der Waals surface area contributed by atoms with Crippen LogP contribution < -0.4 is 0 Å². The second-order valence-electron chi connectivity index (χ2n) is 3.31. The Bertz CT molecular complexity index is 160. The van der Waals surface area contributed by atoms with E-state index in [0.717, 1.165) is 6.29 Å². The molecule has 0 aromatic heterocycles. The molecule has 1 fully saturated rings. The van der Waals surface area contributed by atoms with Crippen LogP contribution in [0.3, 0.4) is 0 Å². The predicted octanol–water partition coefficient (Wildman–Crippen LogP) is 0.825. The monoisotopic (exact) mass is 188 g/mol. The number of aliphatic hydroxyl groups is 1. The summed E-state index contributed by atoms with van der Waals surface area (Å²) in [7, 11) is 0. The number of hydrogen-bond acceptors (Lipinski definition) is 4. The van der Waals surface area contributed by atoms with Gasteiger partial charge in [0, 0.05) is 12.8 Å². The number of hydrogen-bond donors (Lipinski definition) is 1. The Morgan fingerprint density at radius 2 is 2.38 bits per heavy atom. The van der Waals surface area contributed by atoms with E-state index in [-0.39, 0.29) is 12.2 Å². The van der Waals surface area contributed by atoms with Gasteiger partial charge in [0.25, 0.3) is 0 Å². The highest BCUT2D eigenvalue weighted by atomic mass is 17.2. The molecule has 0 bridgehead atoms. The highest BCUT2D eigenvalue weighted by Crippen LogP contribution is 2.23. The van der Waals surface area contributed by atoms with Gasteiger partial charge in [-0.25, -0.2) is 9.78 Å². The van der Waals surface area contributed by atoms with Crippen molar-refractivity contribution in [2.24, 2.45) is 0 Å². The lowest BCUT2D eigenvalue weighted by molar-refractivity contribution is -0.308. The van der Waals surface area contributed by atoms with Crippen LogP contribution in [0.25, 0.3) is 0 Å². The molecule has 0 amide bonds. The zero-order valence-corrected chi connectivity index (χ0v) is 7.81. The van der Waals surface area contributed by atoms with Crippen molar-refractivity contribution < 1.29 is 19.7 Å². The molecule has 1 heterocycles. The van der Waals surface area contributed by atoms with Crippen LogP contribution >= 0.6 is 0 Å². The lowest BCUT2D eigenvalue weighted by Crippen LogP contribution is -2.24. The summed E-state index contributed by atoms with van der Waals surface area (Å²) in [4.78, 5) is 20.0. The quantitative estimate of drug-likeness (QED) is 0.512. The summed E-state index contributed by atoms with van der Waals surface area (Å²) in [5.41, 5.74) is 0. The van der Waals surface area contributed by atoms with Gasteiger partial charge >= 0.3 is 0 Å². The Balaban J connectivity index is 2.23. The Morgan fingerprint density at radius 1 is 1.62 bits per heavy atom. The van der Waals surface area contributed by atoms with E-state index in [1.807, 2.05) is 6.92 Å². The van der Waals surface area contributed by atoms with Gasteiger partial charge in [-0.2, -0.15) is 0 Å². The molecule has 1 aliphatic heterocycles. The van der Waals surface area contributed by atoms with Gasteiger partial charge < -0.3 is 9.90 Å². The molecule has 4 nitrogen and oxygen atoms in total. The minimum Gasteiger partial charge on any atom is -0.390 e. The van der Waals surface area contributed by atoms with Crippen LogP contribution in [0.4, 0.5) is 0 Å². The van der Waals surface area contributed by atoms with Crippen LogP contribution in [0.5, 0.6) is 0 Å². The first-order valence-electron chi connectivity index (χ1n) is 4.71. The Morgan fingerprint density at radius 3 is 3.00 bits per heavy atom. The third-order valence-electron chi connectivity index (χ3n) is 2.26. The first-order chi connectivity index (χ1) is 6.27. The average Bonchev–Trinajstić information content (AvgIpc) is 2.62. The molecule has 4 heteroatoms. The minimum atomic E-state index is -0.457. The lowest BCUT2D eigenvalue weighted by Gasteiger charge is -2.11. The van der Waals surface area contributed by atoms with E-state index >= 15 is 0 Å². The second kappa shape index (κ2) is 5.32. The van der Waals surface area contributed by atoms with Crippen LogP contribution in [-0.4, -0.2) is 29.7 Å². The van der Waals surface area contributed by atoms with E-state index in [1.54, 1.807) is 0 Å². The molecule has 0 radical (unpaired) electrons. The molecule has 1 aliphatic rings. The maximum Gasteiger partial charge on any atom is 0.121 e. The molecular weight excluding hydrogens is 172 g/mol. The third-order valence-corrected chi connectivity index (χ3v) is 2.26. The van der Waals surface area contributed by atoms with Crippen molar-refractivity contribution in [3.63, 3.8) is 0 Å². The minimum absolute atomic E-state index is 0.0311. The number of rotatable bonds is 5. The van der Waals surface area contributed by atoms with Crippen molar-refractivity contribution in [3.8, 4) is 0 Å². The van der Waals surface area contributed by atoms with Crippen molar-refractivity contribution in [1.29, 1.82) is 0 Å². The molecule has 0 spiro atoms. The summed E-state index contributed by atoms with van der Waals surface area (Å²) in [6.45, 7) is 1.90. The summed E-state index contributed by atoms with van der Waals surface area (Å²) < 4.78 is 0. The molecule has 3 unspecified atom stereocenters. The molecule has 0 aliphatic carbocycles. The van der Waals surface area contributed by atoms with Crippen LogP contribution in [0.1, 0.15) is 32.6 Å². The van der Waals surface area contributed by atoms with Crippen LogP contribution in [0.2, 0.25) is 0 Å². The smallest absolute Gasteiger partial charge is 0.121 e. The Hall–Kier alpha value is -0.450. The number of aliphatic hydroxyl groups excluding tert-OH is 1. The predicted molar refractivity (Wildman–Crippen MR) is 46.0 cm³/mol. The molecule has 3 atom stereocenters. The lowest BCUT2D eigenvalue weighted by atomic mass is 10.0. The molecule has 0 aromatic rings. The fourth-order valence-corrected chi connectivity index (χ4v) is 1.39. The molecular formula is C9H16O4. The van der Waals surface area contributed by atoms with E-state index in [9.17, 15) is 9.90 Å². The van der Waals surface area contributed by atoms with E-state index in [2.05, 4.69) is 0 Å². The number of carbonyl (C=O) groups is 1. The highest BCUT2D eigenvalue weighted by Gasteiger charge is 2.31. The molecule has 1 rings (SSSR count). The summed E-state index contributed by atoms with van der Waals surface area (Å²) in [5.74, 6) is 0. The van der Waals surface area contributed by atoms with Crippen molar-refractivity contribution in [1.82, 2.24) is 0 Å². The first-order valence-corrected chi connectivity index (χ1v) is 4.71. The maximum absolute atomic E-state index is 10.1. The molecule has 76 valence electrons. The zero-order chi connectivity index (χ0) is 9.68. The van der Waals surface area contributed by atoms with Crippen LogP contribution in [-0.2, 0) is 14.6 Å². The molecule has 1 saturated heterocycles. The van der Waals surface area contributed by atoms with E-state index in [1.165, 1.54) is 0 Å². The first kappa shape index (κ1) is 10.6. The normalized spacial score (nSPS) is 30.3. The summed E-state index contributed by atoms with van der Waals surface area (Å²) in [6.07, 6.45) is 2.67. The van der Waals surface area contributed by atoms with Gasteiger partial charge in [-0.1, -0.05) is 6.92 Å². The topological polar surface area (TPSA) is 55.8 Å². The van der Waals surface area contributed by atoms with Gasteiger partial charge in [0.1, 0.15) is 12.4 Å². The van der Waals surface area contributed by atoms with Crippen molar-refractivity contribution in [2.45, 2.75) is 50.9 Å². The summed E-state index contributed by atoms with van der Waals surface area (Å²) in [6, 6.07) is 0. The van der Waals surface area contributed by atoms with Gasteiger partial charge in [0.15, 0.2) is 0 Å². The SMILES string of the molecule is CCC(O)C1CC(CCC=O)OO1. The molecule has 1 N–H and O–H groups in total. The van der Waals surface area contributed by atoms with Crippen molar-refractivity contribution >= 4 is 6.29 Å². The van der Waals surface area contributed by atoms with Crippen molar-refractivity contribution in [2.75, 3.05) is 0 Å². The fourth-order valence-electron chi connectivity index (χ4n) is 1.39. The van der Waals surface area contributed by atoms with E-state index < -0.39 is 6.10 Å². The van der Waals surface area contributed by atoms with Gasteiger partial charge in [0.2, 0.25) is 0 Å². The largest absolute Gasteiger partial charge is 0.390 e. The van der Waals surface area contributed by atoms with Gasteiger partial charge in [-0.3, -0.25) is 0 Å². The number of carbonyl (C=O) groups excluding carboxylic acids is 1. The maximum atomic E-state index is 10.1. The van der Waals surface area contributed by atoms with E-state index in [0.29, 0.717) is 25.7 Å². The summed E-state index contributed by atoms with van der Waals surface area (Å²) >= 11 is 0. The highest BCUT2D eigenvalue weighted by molar-refractivity contribution is 5.49. The Kier molecular flexibility index (Phi) is 4.35. The second-order valence-corrected chi connectivity index (χ2v) is 3.31. The average molecular weight is 188 g/mol. The number of aldehydes is 1. The van der Waals surface area contributed by atoms with Gasteiger partial charge in [-0.15, -0.1) is 0 Å². The third kappa shape index (κ3) is 3.06. The molecule has 0 saturated carbocycles. The van der Waals surface area contributed by atoms with Crippen molar-refractivity contribution in [3.05, 3.63) is 0 Å². The zero-order valence-electron chi connectivity index (χ0n) is 7.81. The summed E-state index contributed by atoms with van der Waals surface area (Å²) in [5, 5.41) is 9.43. The van der Waals surface area contributed by atoms with Gasteiger partial charge in [-0.05, 0) is 12.8 Å². The van der Waals surface area contributed by atoms with Gasteiger partial charge in [0.05, 0.1) is 12.2 Å². The Labute approximate surface area is 77.8 Å². The fraction of sp³-hybridized carbons (Fsp3) is 0.889. The molecule has 13 heavy (non-hydrogen) atoms.